The van der Waals surface area contributed by atoms with Gasteiger partial charge >= 0.3 is 4.94 Å². The third kappa shape index (κ3) is 2.88. The molecule has 0 radical (unpaired) electrons. The van der Waals surface area contributed by atoms with Crippen molar-refractivity contribution < 1.29 is 9.15 Å². The van der Waals surface area contributed by atoms with Gasteiger partial charge in [0.2, 0.25) is 0 Å². The highest BCUT2D eigenvalue weighted by molar-refractivity contribution is 9.10. The van der Waals surface area contributed by atoms with Gasteiger partial charge in [0.1, 0.15) is 12.4 Å². The minimum Gasteiger partial charge on any atom is -0.489 e. The number of benzene rings is 2. The van der Waals surface area contributed by atoms with Crippen molar-refractivity contribution >= 4 is 37.5 Å². The summed E-state index contributed by atoms with van der Waals surface area (Å²) in [6, 6.07) is 13.3. The van der Waals surface area contributed by atoms with E-state index in [1.54, 1.807) is 6.07 Å². The summed E-state index contributed by atoms with van der Waals surface area (Å²) in [7, 11) is 0. The molecule has 1 aromatic heterocycles. The van der Waals surface area contributed by atoms with Gasteiger partial charge < -0.3 is 9.15 Å². The zero-order valence-electron chi connectivity index (χ0n) is 9.76. The van der Waals surface area contributed by atoms with E-state index in [0.29, 0.717) is 17.9 Å². The lowest BCUT2D eigenvalue weighted by Crippen LogP contribution is -1.94. The fraction of sp³-hybridized carbons (Fsp3) is 0.0714. The van der Waals surface area contributed by atoms with Crippen LogP contribution in [-0.2, 0) is 6.61 Å². The van der Waals surface area contributed by atoms with Gasteiger partial charge in [-0.05, 0) is 29.8 Å². The Morgan fingerprint density at radius 3 is 2.74 bits per heavy atom. The molecule has 0 aliphatic heterocycles. The summed E-state index contributed by atoms with van der Waals surface area (Å²) in [5.74, 6) is 0.692. The fourth-order valence-electron chi connectivity index (χ4n) is 1.69. The standard InChI is InChI=1S/C14H9BrO3S/c15-10-3-1-9(2-4-10)8-17-11-5-6-13-12(7-11)18-14(16)19-13/h1-7H,8H2. The summed E-state index contributed by atoms with van der Waals surface area (Å²) in [4.78, 5) is 10.8. The Morgan fingerprint density at radius 1 is 1.16 bits per heavy atom. The van der Waals surface area contributed by atoms with Crippen LogP contribution in [0, 0.1) is 0 Å². The molecule has 0 amide bonds. The summed E-state index contributed by atoms with van der Waals surface area (Å²) >= 11 is 4.48. The van der Waals surface area contributed by atoms with Crippen LogP contribution in [0.25, 0.3) is 10.3 Å². The van der Waals surface area contributed by atoms with Gasteiger partial charge in [-0.3, -0.25) is 0 Å². The van der Waals surface area contributed by atoms with E-state index >= 15 is 0 Å². The smallest absolute Gasteiger partial charge is 0.396 e. The van der Waals surface area contributed by atoms with Crippen LogP contribution in [0.2, 0.25) is 0 Å². The van der Waals surface area contributed by atoms with Crippen LogP contribution in [-0.4, -0.2) is 0 Å². The van der Waals surface area contributed by atoms with E-state index in [1.807, 2.05) is 36.4 Å². The van der Waals surface area contributed by atoms with Crippen molar-refractivity contribution in [2.45, 2.75) is 6.61 Å². The molecule has 0 N–H and O–H groups in total. The average Bonchev–Trinajstić information content (AvgIpc) is 2.77. The SMILES string of the molecule is O=c1oc2cc(OCc3ccc(Br)cc3)ccc2s1. The predicted octanol–water partition coefficient (Wildman–Crippen LogP) is 4.20. The molecular weight excluding hydrogens is 328 g/mol. The first-order chi connectivity index (χ1) is 9.20. The molecule has 0 aliphatic rings. The van der Waals surface area contributed by atoms with Crippen LogP contribution in [0.4, 0.5) is 0 Å². The number of hydrogen-bond acceptors (Lipinski definition) is 4. The topological polar surface area (TPSA) is 39.4 Å². The van der Waals surface area contributed by atoms with Gasteiger partial charge in [-0.15, -0.1) is 0 Å². The van der Waals surface area contributed by atoms with Gasteiger partial charge in [0.25, 0.3) is 0 Å². The molecule has 19 heavy (non-hydrogen) atoms. The zero-order chi connectivity index (χ0) is 13.2. The number of ether oxygens (including phenoxy) is 1. The maximum Gasteiger partial charge on any atom is 0.396 e. The van der Waals surface area contributed by atoms with Gasteiger partial charge in [-0.25, -0.2) is 4.79 Å². The van der Waals surface area contributed by atoms with E-state index in [2.05, 4.69) is 15.9 Å². The summed E-state index contributed by atoms with van der Waals surface area (Å²) in [5.41, 5.74) is 1.65. The highest BCUT2D eigenvalue weighted by atomic mass is 79.9. The quantitative estimate of drug-likeness (QED) is 0.719. The van der Waals surface area contributed by atoms with Crippen molar-refractivity contribution in [2.24, 2.45) is 0 Å². The normalized spacial score (nSPS) is 10.8. The van der Waals surface area contributed by atoms with Crippen LogP contribution in [0.1, 0.15) is 5.56 Å². The highest BCUT2D eigenvalue weighted by Crippen LogP contribution is 2.23. The molecule has 3 nitrogen and oxygen atoms in total. The number of fused-ring (bicyclic) bond motifs is 1. The van der Waals surface area contributed by atoms with Gasteiger partial charge in [-0.1, -0.05) is 39.4 Å². The monoisotopic (exact) mass is 336 g/mol. The van der Waals surface area contributed by atoms with Gasteiger partial charge in [-0.2, -0.15) is 0 Å². The molecule has 96 valence electrons. The minimum absolute atomic E-state index is 0.292. The van der Waals surface area contributed by atoms with Crippen molar-refractivity contribution in [3.05, 3.63) is 62.2 Å². The summed E-state index contributed by atoms with van der Waals surface area (Å²) in [6.07, 6.45) is 0. The van der Waals surface area contributed by atoms with Crippen molar-refractivity contribution in [3.8, 4) is 5.75 Å². The second-order valence-corrected chi connectivity index (χ2v) is 5.87. The molecule has 3 aromatic rings. The summed E-state index contributed by atoms with van der Waals surface area (Å²) in [6.45, 7) is 0.479. The molecule has 5 heteroatoms. The number of hydrogen-bond donors (Lipinski definition) is 0. The second-order valence-electron chi connectivity index (χ2n) is 3.98. The summed E-state index contributed by atoms with van der Waals surface area (Å²) in [5, 5.41) is 0. The molecule has 0 fully saturated rings. The zero-order valence-corrected chi connectivity index (χ0v) is 12.2. The molecule has 3 rings (SSSR count). The Balaban J connectivity index is 1.77. The molecule has 0 spiro atoms. The first kappa shape index (κ1) is 12.4. The first-order valence-corrected chi connectivity index (χ1v) is 7.22. The Hall–Kier alpha value is -1.59. The van der Waals surface area contributed by atoms with Crippen LogP contribution in [0.3, 0.4) is 0 Å². The van der Waals surface area contributed by atoms with Crippen molar-refractivity contribution in [1.82, 2.24) is 0 Å². The Labute approximate surface area is 121 Å². The van der Waals surface area contributed by atoms with Gasteiger partial charge in [0.05, 0.1) is 4.70 Å². The van der Waals surface area contributed by atoms with Crippen LogP contribution in [0.15, 0.2) is 56.1 Å². The molecule has 0 saturated heterocycles. The molecule has 0 saturated carbocycles. The minimum atomic E-state index is -0.292. The molecular formula is C14H9BrO3S. The van der Waals surface area contributed by atoms with E-state index in [1.165, 1.54) is 0 Å². The lowest BCUT2D eigenvalue weighted by Gasteiger charge is -2.06. The van der Waals surface area contributed by atoms with Crippen LogP contribution in [0.5, 0.6) is 5.75 Å². The van der Waals surface area contributed by atoms with Crippen LogP contribution < -0.4 is 9.68 Å². The molecule has 1 heterocycles. The molecule has 0 aliphatic carbocycles. The lowest BCUT2D eigenvalue weighted by molar-refractivity contribution is 0.306. The molecule has 2 aromatic carbocycles. The van der Waals surface area contributed by atoms with E-state index in [-0.39, 0.29) is 4.94 Å². The van der Waals surface area contributed by atoms with Crippen molar-refractivity contribution in [3.63, 3.8) is 0 Å². The lowest BCUT2D eigenvalue weighted by atomic mass is 10.2. The average molecular weight is 337 g/mol. The highest BCUT2D eigenvalue weighted by Gasteiger charge is 2.04. The summed E-state index contributed by atoms with van der Waals surface area (Å²) < 4.78 is 12.6. The maximum atomic E-state index is 11.1. The number of halogens is 1. The molecule has 0 unspecified atom stereocenters. The van der Waals surface area contributed by atoms with Crippen LogP contribution >= 0.6 is 27.3 Å². The Morgan fingerprint density at radius 2 is 1.95 bits per heavy atom. The molecule has 0 bridgehead atoms. The molecule has 0 atom stereocenters. The Kier molecular flexibility index (Phi) is 3.40. The van der Waals surface area contributed by atoms with Crippen molar-refractivity contribution in [2.75, 3.05) is 0 Å². The third-order valence-electron chi connectivity index (χ3n) is 2.62. The first-order valence-electron chi connectivity index (χ1n) is 5.62. The predicted molar refractivity (Wildman–Crippen MR) is 78.8 cm³/mol. The second kappa shape index (κ2) is 5.19. The largest absolute Gasteiger partial charge is 0.489 e. The Bertz CT molecular complexity index is 758. The van der Waals surface area contributed by atoms with Gasteiger partial charge in [0.15, 0.2) is 5.58 Å². The van der Waals surface area contributed by atoms with E-state index in [9.17, 15) is 4.79 Å². The maximum absolute atomic E-state index is 11.1. The van der Waals surface area contributed by atoms with E-state index in [4.69, 9.17) is 9.15 Å². The number of rotatable bonds is 3. The van der Waals surface area contributed by atoms with E-state index < -0.39 is 0 Å². The van der Waals surface area contributed by atoms with Gasteiger partial charge in [0, 0.05) is 10.5 Å². The third-order valence-corrected chi connectivity index (χ3v) is 3.96. The van der Waals surface area contributed by atoms with Crippen molar-refractivity contribution in [1.29, 1.82) is 0 Å². The van der Waals surface area contributed by atoms with E-state index in [0.717, 1.165) is 26.1 Å². The fourth-order valence-corrected chi connectivity index (χ4v) is 2.60.